The molecule has 21 heavy (non-hydrogen) atoms. The summed E-state index contributed by atoms with van der Waals surface area (Å²) < 4.78 is 0. The first-order valence-corrected chi connectivity index (χ1v) is 8.15. The summed E-state index contributed by atoms with van der Waals surface area (Å²) in [5, 5.41) is 0. The van der Waals surface area contributed by atoms with Crippen LogP contribution in [0.1, 0.15) is 40.5 Å². The normalized spacial score (nSPS) is 33.1. The number of rotatable bonds is 5. The van der Waals surface area contributed by atoms with Crippen molar-refractivity contribution in [2.45, 2.75) is 40.5 Å². The molecule has 1 saturated carbocycles. The number of fused-ring (bicyclic) bond motifs is 1. The molecule has 1 saturated heterocycles. The Labute approximate surface area is 128 Å². The van der Waals surface area contributed by atoms with E-state index in [0.717, 1.165) is 12.8 Å². The number of hydrogen-bond donors (Lipinski definition) is 0. The number of hydrogen-bond acceptors (Lipinski definition) is 2. The predicted molar refractivity (Wildman–Crippen MR) is 84.4 cm³/mol. The molecule has 0 radical (unpaired) electrons. The minimum atomic E-state index is -0.127. The Kier molecular flexibility index (Phi) is 5.02. The molecular weight excluding hydrogens is 262 g/mol. The van der Waals surface area contributed by atoms with Gasteiger partial charge in [-0.25, -0.2) is 0 Å². The zero-order valence-corrected chi connectivity index (χ0v) is 13.6. The van der Waals surface area contributed by atoms with E-state index in [9.17, 15) is 9.59 Å². The number of carbonyl (C=O) groups is 2. The third-order valence-electron chi connectivity index (χ3n) is 4.64. The van der Waals surface area contributed by atoms with Crippen molar-refractivity contribution in [1.82, 2.24) is 4.90 Å². The summed E-state index contributed by atoms with van der Waals surface area (Å²) in [6.45, 7) is 8.86. The quantitative estimate of drug-likeness (QED) is 0.574. The number of imide groups is 1. The van der Waals surface area contributed by atoms with Crippen LogP contribution in [0.15, 0.2) is 24.3 Å². The molecule has 3 nitrogen and oxygen atoms in total. The molecule has 1 aliphatic carbocycles. The molecule has 2 fully saturated rings. The number of amides is 2. The number of nitrogens with zero attached hydrogens (tertiary/aromatic N) is 1. The fourth-order valence-electron chi connectivity index (χ4n) is 3.63. The standard InChI is InChI=1S/C18H27NO2/c1-5-6-7-10-19-17(20)15-13(4)11-14(9-8-12(2)3)16(15)18(19)21/h6-9,12-16H,5,10-11H2,1-4H3/b7-6-,9-8-. The molecule has 0 aromatic carbocycles. The zero-order chi connectivity index (χ0) is 15.6. The lowest BCUT2D eigenvalue weighted by Crippen LogP contribution is -2.33. The maximum Gasteiger partial charge on any atom is 0.233 e. The minimum absolute atomic E-state index is 0.0357. The molecule has 116 valence electrons. The van der Waals surface area contributed by atoms with Crippen molar-refractivity contribution >= 4 is 11.8 Å². The molecule has 0 bridgehead atoms. The van der Waals surface area contributed by atoms with Crippen molar-refractivity contribution < 1.29 is 9.59 Å². The van der Waals surface area contributed by atoms with Gasteiger partial charge >= 0.3 is 0 Å². The van der Waals surface area contributed by atoms with Crippen molar-refractivity contribution in [3.8, 4) is 0 Å². The molecule has 0 aromatic rings. The smallest absolute Gasteiger partial charge is 0.233 e. The molecule has 2 aliphatic rings. The first-order valence-electron chi connectivity index (χ1n) is 8.15. The zero-order valence-electron chi connectivity index (χ0n) is 13.6. The summed E-state index contributed by atoms with van der Waals surface area (Å²) in [7, 11) is 0. The third-order valence-corrected chi connectivity index (χ3v) is 4.64. The van der Waals surface area contributed by atoms with E-state index < -0.39 is 0 Å². The Morgan fingerprint density at radius 2 is 1.86 bits per heavy atom. The van der Waals surface area contributed by atoms with Crippen LogP contribution in [0.4, 0.5) is 0 Å². The summed E-state index contributed by atoms with van der Waals surface area (Å²) in [5.41, 5.74) is 0. The van der Waals surface area contributed by atoms with E-state index in [2.05, 4.69) is 32.9 Å². The lowest BCUT2D eigenvalue weighted by molar-refractivity contribution is -0.140. The second-order valence-electron chi connectivity index (χ2n) is 6.72. The maximum atomic E-state index is 12.6. The monoisotopic (exact) mass is 289 g/mol. The summed E-state index contributed by atoms with van der Waals surface area (Å²) in [5.74, 6) is 0.853. The average molecular weight is 289 g/mol. The Balaban J connectivity index is 2.17. The molecule has 1 aliphatic heterocycles. The van der Waals surface area contributed by atoms with E-state index in [1.54, 1.807) is 0 Å². The van der Waals surface area contributed by atoms with Crippen molar-refractivity contribution in [1.29, 1.82) is 0 Å². The summed E-state index contributed by atoms with van der Waals surface area (Å²) in [6.07, 6.45) is 10.2. The predicted octanol–water partition coefficient (Wildman–Crippen LogP) is 3.42. The largest absolute Gasteiger partial charge is 0.278 e. The van der Waals surface area contributed by atoms with Crippen LogP contribution in [0, 0.1) is 29.6 Å². The Bertz CT molecular complexity index is 464. The van der Waals surface area contributed by atoms with Crippen LogP contribution >= 0.6 is 0 Å². The van der Waals surface area contributed by atoms with Crippen molar-refractivity contribution in [3.63, 3.8) is 0 Å². The van der Waals surface area contributed by atoms with Gasteiger partial charge in [0, 0.05) is 6.54 Å². The summed E-state index contributed by atoms with van der Waals surface area (Å²) in [6, 6.07) is 0. The Hall–Kier alpha value is -1.38. The lowest BCUT2D eigenvalue weighted by atomic mass is 9.89. The van der Waals surface area contributed by atoms with E-state index >= 15 is 0 Å². The second kappa shape index (κ2) is 6.59. The molecular formula is C18H27NO2. The van der Waals surface area contributed by atoms with Gasteiger partial charge in [-0.15, -0.1) is 0 Å². The van der Waals surface area contributed by atoms with Crippen LogP contribution in [0.3, 0.4) is 0 Å². The van der Waals surface area contributed by atoms with Crippen molar-refractivity contribution in [2.75, 3.05) is 6.54 Å². The molecule has 0 aromatic heterocycles. The van der Waals surface area contributed by atoms with E-state index in [4.69, 9.17) is 0 Å². The lowest BCUT2D eigenvalue weighted by Gasteiger charge is -2.17. The van der Waals surface area contributed by atoms with Gasteiger partial charge in [0.15, 0.2) is 0 Å². The molecule has 2 amide bonds. The fraction of sp³-hybridized carbons (Fsp3) is 0.667. The van der Waals surface area contributed by atoms with Gasteiger partial charge in [-0.05, 0) is 30.6 Å². The molecule has 2 rings (SSSR count). The summed E-state index contributed by atoms with van der Waals surface area (Å²) >= 11 is 0. The molecule has 4 atom stereocenters. The van der Waals surface area contributed by atoms with Crippen LogP contribution in [0.2, 0.25) is 0 Å². The summed E-state index contributed by atoms with van der Waals surface area (Å²) in [4.78, 5) is 26.6. The third kappa shape index (κ3) is 3.12. The van der Waals surface area contributed by atoms with Crippen LogP contribution in [-0.4, -0.2) is 23.3 Å². The van der Waals surface area contributed by atoms with Gasteiger partial charge in [-0.2, -0.15) is 0 Å². The molecule has 0 spiro atoms. The van der Waals surface area contributed by atoms with Gasteiger partial charge in [0.25, 0.3) is 0 Å². The Morgan fingerprint density at radius 3 is 2.48 bits per heavy atom. The molecule has 1 heterocycles. The highest BCUT2D eigenvalue weighted by Crippen LogP contribution is 2.48. The average Bonchev–Trinajstić information content (AvgIpc) is 2.88. The van der Waals surface area contributed by atoms with E-state index in [1.165, 1.54) is 4.90 Å². The second-order valence-corrected chi connectivity index (χ2v) is 6.72. The van der Waals surface area contributed by atoms with Crippen molar-refractivity contribution in [2.24, 2.45) is 29.6 Å². The highest BCUT2D eigenvalue weighted by atomic mass is 16.2. The first-order chi connectivity index (χ1) is 9.97. The Morgan fingerprint density at radius 1 is 1.19 bits per heavy atom. The van der Waals surface area contributed by atoms with Crippen molar-refractivity contribution in [3.05, 3.63) is 24.3 Å². The molecule has 4 unspecified atom stereocenters. The van der Waals surface area contributed by atoms with E-state index in [1.807, 2.05) is 19.1 Å². The topological polar surface area (TPSA) is 37.4 Å². The number of allylic oxidation sites excluding steroid dienone is 3. The van der Waals surface area contributed by atoms with Gasteiger partial charge in [0.2, 0.25) is 11.8 Å². The minimum Gasteiger partial charge on any atom is -0.278 e. The van der Waals surface area contributed by atoms with Gasteiger partial charge in [-0.3, -0.25) is 14.5 Å². The number of likely N-dealkylation sites (tertiary alicyclic amines) is 1. The van der Waals surface area contributed by atoms with Crippen LogP contribution in [0.5, 0.6) is 0 Å². The molecule has 0 N–H and O–H groups in total. The van der Waals surface area contributed by atoms with Gasteiger partial charge in [-0.1, -0.05) is 52.0 Å². The fourth-order valence-corrected chi connectivity index (χ4v) is 3.63. The highest BCUT2D eigenvalue weighted by molar-refractivity contribution is 6.06. The van der Waals surface area contributed by atoms with Crippen LogP contribution in [-0.2, 0) is 9.59 Å². The van der Waals surface area contributed by atoms with Gasteiger partial charge < -0.3 is 0 Å². The van der Waals surface area contributed by atoms with Crippen LogP contribution in [0.25, 0.3) is 0 Å². The maximum absolute atomic E-state index is 12.6. The van der Waals surface area contributed by atoms with Gasteiger partial charge in [0.1, 0.15) is 0 Å². The first kappa shape index (κ1) is 16.0. The van der Waals surface area contributed by atoms with E-state index in [-0.39, 0.29) is 29.6 Å². The SMILES string of the molecule is CC/C=C\CN1C(=O)C2C(C)CC(/C=C\C(C)C)C2C1=O. The van der Waals surface area contributed by atoms with E-state index in [0.29, 0.717) is 18.4 Å². The van der Waals surface area contributed by atoms with Crippen LogP contribution < -0.4 is 0 Å². The molecule has 3 heteroatoms. The highest BCUT2D eigenvalue weighted by Gasteiger charge is 2.56. The number of carbonyl (C=O) groups excluding carboxylic acids is 2. The van der Waals surface area contributed by atoms with Gasteiger partial charge in [0.05, 0.1) is 11.8 Å².